The van der Waals surface area contributed by atoms with Crippen molar-refractivity contribution >= 4 is 71.5 Å². The van der Waals surface area contributed by atoms with E-state index in [1.807, 2.05) is 152 Å². The van der Waals surface area contributed by atoms with E-state index >= 15 is 0 Å². The maximum Gasteiger partial charge on any atom is 0.495 e. The first kappa shape index (κ1) is 47.4. The SMILES string of the molecule is CN(Cc1ccccc1B1OC(C)(C)C(C)(C)O1)c1cc2cc(c1)C(=O)N1CCC[C@H]1C(=O)Nc1cc(cc(N(C)Cc3ccccc3B3OC(C)(C)C(C)(C)O3)c1)C(=O)N1CCC[C@H]1C(=O)N2. The third-order valence-electron chi connectivity index (χ3n) is 15.3. The predicted octanol–water partition coefficient (Wildman–Crippen LogP) is 6.36. The normalized spacial score (nSPS) is 22.8. The number of hydrogen-bond acceptors (Lipinski definition) is 10. The molecule has 5 aliphatic rings. The van der Waals surface area contributed by atoms with Gasteiger partial charge in [-0.1, -0.05) is 48.5 Å². The standard InChI is InChI=1S/C52H64B2N6O8/c1-49(2)50(3,4)66-53(65-49)41-19-13-11-17-33(41)31-57(9)39-27-35-25-37(29-39)55-45(61)43-21-16-24-60(43)48(64)36-26-38(56-46(62)44-22-15-23-59(44)47(35)63)30-40(28-36)58(10)32-34-18-12-14-20-42(34)54-67-51(5,6)52(7,8)68-54/h11-14,17-20,25-30,43-44H,15-16,21-24,31-32H2,1-10H3,(H,55,61)(H,56,62)/t43-,44-/m0/s1. The van der Waals surface area contributed by atoms with Crippen LogP contribution in [0, 0.1) is 0 Å². The highest BCUT2D eigenvalue weighted by Crippen LogP contribution is 2.39. The van der Waals surface area contributed by atoms with Crippen molar-refractivity contribution in [1.29, 1.82) is 0 Å². The maximum absolute atomic E-state index is 14.7. The average Bonchev–Trinajstić information content (AvgIpc) is 4.07. The average molecular weight is 923 g/mol. The molecule has 2 atom stereocenters. The number of carbonyl (C=O) groups is 4. The molecule has 0 unspecified atom stereocenters. The summed E-state index contributed by atoms with van der Waals surface area (Å²) in [5.41, 5.74) is 4.56. The Morgan fingerprint density at radius 1 is 0.544 bits per heavy atom. The smallest absolute Gasteiger partial charge is 0.399 e. The van der Waals surface area contributed by atoms with Gasteiger partial charge in [0.1, 0.15) is 12.1 Å². The van der Waals surface area contributed by atoms with Crippen LogP contribution in [0.4, 0.5) is 22.7 Å². The van der Waals surface area contributed by atoms with E-state index in [9.17, 15) is 19.2 Å². The quantitative estimate of drug-likeness (QED) is 0.192. The summed E-state index contributed by atoms with van der Waals surface area (Å²) in [6, 6.07) is 25.1. The van der Waals surface area contributed by atoms with Gasteiger partial charge < -0.3 is 48.9 Å². The zero-order valence-corrected chi connectivity index (χ0v) is 41.1. The molecule has 0 radical (unpaired) electrons. The summed E-state index contributed by atoms with van der Waals surface area (Å²) in [5, 5.41) is 6.20. The second kappa shape index (κ2) is 17.7. The van der Waals surface area contributed by atoms with Gasteiger partial charge in [-0.25, -0.2) is 0 Å². The summed E-state index contributed by atoms with van der Waals surface area (Å²) < 4.78 is 25.8. The third-order valence-corrected chi connectivity index (χ3v) is 15.3. The summed E-state index contributed by atoms with van der Waals surface area (Å²) in [5.74, 6) is -1.31. The number of fused-ring (bicyclic) bond motifs is 6. The van der Waals surface area contributed by atoms with Gasteiger partial charge in [0, 0.05) is 74.2 Å². The molecular formula is C52H64B2N6O8. The van der Waals surface area contributed by atoms with E-state index in [-0.39, 0.29) is 23.6 Å². The zero-order valence-electron chi connectivity index (χ0n) is 41.1. The second-order valence-corrected chi connectivity index (χ2v) is 21.1. The number of nitrogens with one attached hydrogen (secondary N) is 2. The first-order valence-corrected chi connectivity index (χ1v) is 23.9. The molecule has 2 N–H and O–H groups in total. The van der Waals surface area contributed by atoms with E-state index < -0.39 is 48.7 Å². The van der Waals surface area contributed by atoms with Crippen molar-refractivity contribution in [2.45, 2.75) is 129 Å². The molecule has 68 heavy (non-hydrogen) atoms. The van der Waals surface area contributed by atoms with Crippen molar-refractivity contribution in [3.63, 3.8) is 0 Å². The molecule has 5 aliphatic heterocycles. The van der Waals surface area contributed by atoms with Crippen LogP contribution in [0.25, 0.3) is 0 Å². The number of nitrogens with zero attached hydrogens (tertiary/aromatic N) is 4. The third kappa shape index (κ3) is 8.92. The van der Waals surface area contributed by atoms with Crippen LogP contribution in [0.1, 0.15) is 113 Å². The molecule has 4 aromatic carbocycles. The molecule has 5 heterocycles. The molecule has 14 nitrogen and oxygen atoms in total. The number of carbonyl (C=O) groups excluding carboxylic acids is 4. The largest absolute Gasteiger partial charge is 0.495 e. The summed E-state index contributed by atoms with van der Waals surface area (Å²) in [6.07, 6.45) is 2.20. The lowest BCUT2D eigenvalue weighted by Crippen LogP contribution is -2.44. The van der Waals surface area contributed by atoms with Crippen molar-refractivity contribution < 1.29 is 37.8 Å². The molecule has 16 heteroatoms. The summed E-state index contributed by atoms with van der Waals surface area (Å²) in [4.78, 5) is 65.5. The predicted molar refractivity (Wildman–Crippen MR) is 267 cm³/mol. The van der Waals surface area contributed by atoms with Gasteiger partial charge >= 0.3 is 14.2 Å². The fourth-order valence-electron chi connectivity index (χ4n) is 9.85. The van der Waals surface area contributed by atoms with Crippen LogP contribution in [0.2, 0.25) is 0 Å². The van der Waals surface area contributed by atoms with Crippen molar-refractivity contribution in [2.75, 3.05) is 47.6 Å². The number of amides is 4. The molecule has 4 bridgehead atoms. The van der Waals surface area contributed by atoms with Crippen LogP contribution >= 0.6 is 0 Å². The molecule has 0 saturated carbocycles. The zero-order chi connectivity index (χ0) is 48.5. The van der Waals surface area contributed by atoms with Crippen LogP contribution in [0.3, 0.4) is 0 Å². The van der Waals surface area contributed by atoms with Crippen molar-refractivity contribution in [3.05, 3.63) is 107 Å². The Hall–Kier alpha value is -5.67. The minimum Gasteiger partial charge on any atom is -0.399 e. The topological polar surface area (TPSA) is 142 Å². The lowest BCUT2D eigenvalue weighted by Gasteiger charge is -2.32. The Balaban J connectivity index is 1.03. The Kier molecular flexibility index (Phi) is 12.3. The van der Waals surface area contributed by atoms with E-state index in [0.29, 0.717) is 85.7 Å². The van der Waals surface area contributed by atoms with Crippen LogP contribution in [-0.4, -0.2) is 109 Å². The Labute approximate surface area is 401 Å². The number of rotatable bonds is 8. The minimum atomic E-state index is -0.767. The highest BCUT2D eigenvalue weighted by Gasteiger charge is 2.53. The fraction of sp³-hybridized carbons (Fsp3) is 0.462. The number of anilines is 4. The van der Waals surface area contributed by atoms with Gasteiger partial charge in [0.25, 0.3) is 11.8 Å². The molecule has 4 aromatic rings. The van der Waals surface area contributed by atoms with Gasteiger partial charge in [-0.2, -0.15) is 0 Å². The number of benzene rings is 4. The van der Waals surface area contributed by atoms with E-state index in [0.717, 1.165) is 22.1 Å². The summed E-state index contributed by atoms with van der Waals surface area (Å²) >= 11 is 0. The monoisotopic (exact) mass is 922 g/mol. The van der Waals surface area contributed by atoms with Crippen LogP contribution in [-0.2, 0) is 41.3 Å². The van der Waals surface area contributed by atoms with E-state index in [1.54, 1.807) is 21.9 Å². The first-order chi connectivity index (χ1) is 32.1. The van der Waals surface area contributed by atoms with Gasteiger partial charge in [-0.3, -0.25) is 19.2 Å². The van der Waals surface area contributed by atoms with E-state index in [1.165, 1.54) is 0 Å². The lowest BCUT2D eigenvalue weighted by atomic mass is 9.76. The van der Waals surface area contributed by atoms with Crippen molar-refractivity contribution in [2.24, 2.45) is 0 Å². The van der Waals surface area contributed by atoms with Gasteiger partial charge in [0.15, 0.2) is 0 Å². The molecule has 4 fully saturated rings. The molecule has 0 aliphatic carbocycles. The summed E-state index contributed by atoms with van der Waals surface area (Å²) in [6.45, 7) is 17.9. The minimum absolute atomic E-state index is 0.314. The molecule has 9 rings (SSSR count). The Morgan fingerprint density at radius 2 is 0.897 bits per heavy atom. The van der Waals surface area contributed by atoms with Crippen LogP contribution < -0.4 is 31.4 Å². The highest BCUT2D eigenvalue weighted by atomic mass is 16.7. The van der Waals surface area contributed by atoms with Crippen molar-refractivity contribution in [3.8, 4) is 0 Å². The van der Waals surface area contributed by atoms with Gasteiger partial charge in [0.05, 0.1) is 22.4 Å². The lowest BCUT2D eigenvalue weighted by molar-refractivity contribution is -0.120. The molecule has 0 aromatic heterocycles. The van der Waals surface area contributed by atoms with Gasteiger partial charge in [-0.15, -0.1) is 0 Å². The highest BCUT2D eigenvalue weighted by molar-refractivity contribution is 6.63. The Bertz CT molecular complexity index is 2440. The molecule has 356 valence electrons. The van der Waals surface area contributed by atoms with Crippen LogP contribution in [0.15, 0.2) is 84.9 Å². The Morgan fingerprint density at radius 3 is 1.26 bits per heavy atom. The van der Waals surface area contributed by atoms with E-state index in [2.05, 4.69) is 10.6 Å². The van der Waals surface area contributed by atoms with Crippen molar-refractivity contribution in [1.82, 2.24) is 9.80 Å². The second-order valence-electron chi connectivity index (χ2n) is 21.1. The van der Waals surface area contributed by atoms with E-state index in [4.69, 9.17) is 18.6 Å². The van der Waals surface area contributed by atoms with Crippen LogP contribution in [0.5, 0.6) is 0 Å². The molecule has 0 spiro atoms. The summed E-state index contributed by atoms with van der Waals surface area (Å²) in [7, 11) is 2.73. The number of hydrogen-bond donors (Lipinski definition) is 2. The van der Waals surface area contributed by atoms with Gasteiger partial charge in [-0.05, 0) is 140 Å². The molecule has 4 saturated heterocycles. The fourth-order valence-corrected chi connectivity index (χ4v) is 9.85. The van der Waals surface area contributed by atoms with Gasteiger partial charge in [0.2, 0.25) is 11.8 Å². The first-order valence-electron chi connectivity index (χ1n) is 23.9. The molecular weight excluding hydrogens is 858 g/mol. The molecule has 4 amide bonds. The maximum atomic E-state index is 14.7.